The van der Waals surface area contributed by atoms with Crippen molar-refractivity contribution in [3.05, 3.63) is 33.8 Å². The molecule has 3 N–H and O–H groups in total. The smallest absolute Gasteiger partial charge is 0.325 e. The lowest BCUT2D eigenvalue weighted by atomic mass is 10.0. The summed E-state index contributed by atoms with van der Waals surface area (Å²) in [6.07, 6.45) is 0.232. The maximum atomic E-state index is 12.2. The maximum absolute atomic E-state index is 12.2. The Morgan fingerprint density at radius 3 is 2.53 bits per heavy atom. The van der Waals surface area contributed by atoms with Crippen molar-refractivity contribution >= 4 is 35.1 Å². The molecule has 0 radical (unpaired) electrons. The van der Waals surface area contributed by atoms with E-state index in [9.17, 15) is 9.59 Å². The number of likely N-dealkylation sites (tertiary alicyclic amines) is 1. The van der Waals surface area contributed by atoms with E-state index < -0.39 is 11.5 Å². The second kappa shape index (κ2) is 5.00. The van der Waals surface area contributed by atoms with Crippen LogP contribution >= 0.6 is 23.2 Å². The second-order valence-electron chi connectivity index (χ2n) is 4.57. The topological polar surface area (TPSA) is 83.6 Å². The molecule has 0 spiro atoms. The quantitative estimate of drug-likeness (QED) is 0.869. The Hall–Kier alpha value is -1.30. The van der Waals surface area contributed by atoms with Crippen LogP contribution in [0, 0.1) is 0 Å². The van der Waals surface area contributed by atoms with Gasteiger partial charge in [-0.1, -0.05) is 23.2 Å². The summed E-state index contributed by atoms with van der Waals surface area (Å²) in [4.78, 5) is 24.6. The Labute approximate surface area is 119 Å². The molecule has 1 saturated heterocycles. The van der Waals surface area contributed by atoms with Crippen LogP contribution in [0.2, 0.25) is 10.0 Å². The first kappa shape index (κ1) is 14.1. The number of nitrogens with zero attached hydrogens (tertiary/aromatic N) is 1. The van der Waals surface area contributed by atoms with Crippen LogP contribution < -0.4 is 5.73 Å². The summed E-state index contributed by atoms with van der Waals surface area (Å²) in [5.41, 5.74) is 4.72. The molecule has 2 rings (SSSR count). The highest BCUT2D eigenvalue weighted by Gasteiger charge is 2.43. The summed E-state index contributed by atoms with van der Waals surface area (Å²) < 4.78 is 0. The van der Waals surface area contributed by atoms with Gasteiger partial charge in [-0.3, -0.25) is 9.59 Å². The van der Waals surface area contributed by atoms with Crippen molar-refractivity contribution in [3.63, 3.8) is 0 Å². The molecule has 1 aliphatic heterocycles. The third kappa shape index (κ3) is 2.68. The standard InChI is InChI=1S/C12H12Cl2N2O3/c13-8-2-1-7(5-9(8)14)10(17)16-4-3-12(15,6-16)11(18)19/h1-2,5H,3-4,6,15H2,(H,18,19). The Morgan fingerprint density at radius 1 is 1.32 bits per heavy atom. The van der Waals surface area contributed by atoms with Crippen LogP contribution in [0.25, 0.3) is 0 Å². The first-order valence-corrected chi connectivity index (χ1v) is 6.36. The van der Waals surface area contributed by atoms with E-state index in [0.717, 1.165) is 0 Å². The van der Waals surface area contributed by atoms with E-state index in [1.807, 2.05) is 0 Å². The molecule has 0 aliphatic carbocycles. The molecule has 5 nitrogen and oxygen atoms in total. The van der Waals surface area contributed by atoms with E-state index >= 15 is 0 Å². The highest BCUT2D eigenvalue weighted by atomic mass is 35.5. The van der Waals surface area contributed by atoms with Crippen LogP contribution in [-0.4, -0.2) is 40.5 Å². The molecule has 1 aliphatic rings. The van der Waals surface area contributed by atoms with Crippen molar-refractivity contribution in [1.82, 2.24) is 4.90 Å². The summed E-state index contributed by atoms with van der Waals surface area (Å²) in [5.74, 6) is -1.40. The minimum absolute atomic E-state index is 0.0125. The highest BCUT2D eigenvalue weighted by Crippen LogP contribution is 2.25. The van der Waals surface area contributed by atoms with Gasteiger partial charge in [-0.05, 0) is 24.6 Å². The molecule has 1 fully saturated rings. The van der Waals surface area contributed by atoms with E-state index in [-0.39, 0.29) is 23.9 Å². The van der Waals surface area contributed by atoms with Crippen molar-refractivity contribution in [3.8, 4) is 0 Å². The Balaban J connectivity index is 2.18. The van der Waals surface area contributed by atoms with Gasteiger partial charge in [-0.15, -0.1) is 0 Å². The molecule has 7 heteroatoms. The number of amides is 1. The minimum Gasteiger partial charge on any atom is -0.480 e. The average molecular weight is 303 g/mol. The second-order valence-corrected chi connectivity index (χ2v) is 5.38. The molecule has 0 bridgehead atoms. The number of halogens is 2. The van der Waals surface area contributed by atoms with Crippen LogP contribution in [0.15, 0.2) is 18.2 Å². The zero-order valence-electron chi connectivity index (χ0n) is 9.90. The van der Waals surface area contributed by atoms with Crippen LogP contribution in [0.4, 0.5) is 0 Å². The number of benzene rings is 1. The summed E-state index contributed by atoms with van der Waals surface area (Å²) >= 11 is 11.6. The van der Waals surface area contributed by atoms with Gasteiger partial charge >= 0.3 is 5.97 Å². The van der Waals surface area contributed by atoms with E-state index in [0.29, 0.717) is 17.1 Å². The fraction of sp³-hybridized carbons (Fsp3) is 0.333. The zero-order valence-corrected chi connectivity index (χ0v) is 11.4. The molecule has 19 heavy (non-hydrogen) atoms. The molecule has 1 aromatic carbocycles. The lowest BCUT2D eigenvalue weighted by Gasteiger charge is -2.20. The fourth-order valence-corrected chi connectivity index (χ4v) is 2.29. The van der Waals surface area contributed by atoms with Crippen LogP contribution in [0.3, 0.4) is 0 Å². The molecule has 0 saturated carbocycles. The van der Waals surface area contributed by atoms with Gasteiger partial charge in [0.1, 0.15) is 5.54 Å². The van der Waals surface area contributed by atoms with Crippen LogP contribution in [0.5, 0.6) is 0 Å². The van der Waals surface area contributed by atoms with Crippen LogP contribution in [0.1, 0.15) is 16.8 Å². The number of hydrogen-bond acceptors (Lipinski definition) is 3. The number of aliphatic carboxylic acids is 1. The molecule has 1 heterocycles. The number of hydrogen-bond donors (Lipinski definition) is 2. The SMILES string of the molecule is NC1(C(=O)O)CCN(C(=O)c2ccc(Cl)c(Cl)c2)C1. The molecule has 1 aromatic rings. The number of carbonyl (C=O) groups is 2. The Kier molecular flexibility index (Phi) is 3.71. The number of nitrogens with two attached hydrogens (primary N) is 1. The maximum Gasteiger partial charge on any atom is 0.325 e. The monoisotopic (exact) mass is 302 g/mol. The third-order valence-electron chi connectivity index (χ3n) is 3.18. The lowest BCUT2D eigenvalue weighted by molar-refractivity contribution is -0.142. The van der Waals surface area contributed by atoms with Gasteiger partial charge in [0.05, 0.1) is 10.0 Å². The zero-order chi connectivity index (χ0) is 14.2. The third-order valence-corrected chi connectivity index (χ3v) is 3.92. The molecule has 1 amide bonds. The molecular formula is C12H12Cl2N2O3. The average Bonchev–Trinajstić information content (AvgIpc) is 2.76. The van der Waals surface area contributed by atoms with Crippen molar-refractivity contribution in [2.24, 2.45) is 5.73 Å². The molecule has 102 valence electrons. The first-order chi connectivity index (χ1) is 8.83. The van der Waals surface area contributed by atoms with E-state index in [1.54, 1.807) is 6.07 Å². The molecular weight excluding hydrogens is 291 g/mol. The van der Waals surface area contributed by atoms with Gasteiger partial charge in [-0.2, -0.15) is 0 Å². The van der Waals surface area contributed by atoms with Crippen molar-refractivity contribution < 1.29 is 14.7 Å². The minimum atomic E-state index is -1.37. The Bertz CT molecular complexity index is 550. The van der Waals surface area contributed by atoms with Gasteiger partial charge in [0, 0.05) is 18.7 Å². The summed E-state index contributed by atoms with van der Waals surface area (Å²) in [7, 11) is 0. The van der Waals surface area contributed by atoms with Gasteiger partial charge in [0.15, 0.2) is 0 Å². The predicted molar refractivity (Wildman–Crippen MR) is 71.5 cm³/mol. The number of carboxylic acid groups (broad SMARTS) is 1. The normalized spacial score (nSPS) is 22.6. The molecule has 1 unspecified atom stereocenters. The number of carboxylic acids is 1. The van der Waals surface area contributed by atoms with Crippen LogP contribution in [-0.2, 0) is 4.79 Å². The number of carbonyl (C=O) groups excluding carboxylic acids is 1. The Morgan fingerprint density at radius 2 is 2.00 bits per heavy atom. The summed E-state index contributed by atoms with van der Waals surface area (Å²) in [6.45, 7) is 0.295. The lowest BCUT2D eigenvalue weighted by Crippen LogP contribution is -2.50. The number of rotatable bonds is 2. The van der Waals surface area contributed by atoms with Gasteiger partial charge in [0.25, 0.3) is 5.91 Å². The molecule has 1 atom stereocenters. The largest absolute Gasteiger partial charge is 0.480 e. The van der Waals surface area contributed by atoms with Crippen molar-refractivity contribution in [1.29, 1.82) is 0 Å². The molecule has 0 aromatic heterocycles. The van der Waals surface area contributed by atoms with Gasteiger partial charge in [-0.25, -0.2) is 0 Å². The first-order valence-electron chi connectivity index (χ1n) is 5.60. The van der Waals surface area contributed by atoms with E-state index in [1.165, 1.54) is 17.0 Å². The van der Waals surface area contributed by atoms with E-state index in [4.69, 9.17) is 34.0 Å². The van der Waals surface area contributed by atoms with Gasteiger partial charge in [0.2, 0.25) is 0 Å². The predicted octanol–water partition coefficient (Wildman–Crippen LogP) is 1.62. The summed E-state index contributed by atoms with van der Waals surface area (Å²) in [6, 6.07) is 4.54. The fourth-order valence-electron chi connectivity index (χ4n) is 1.99. The van der Waals surface area contributed by atoms with Crippen molar-refractivity contribution in [2.75, 3.05) is 13.1 Å². The van der Waals surface area contributed by atoms with Gasteiger partial charge < -0.3 is 15.7 Å². The summed E-state index contributed by atoms with van der Waals surface area (Å²) in [5, 5.41) is 9.66. The highest BCUT2D eigenvalue weighted by molar-refractivity contribution is 6.42. The van der Waals surface area contributed by atoms with Crippen molar-refractivity contribution in [2.45, 2.75) is 12.0 Å². The van der Waals surface area contributed by atoms with E-state index in [2.05, 4.69) is 0 Å².